The van der Waals surface area contributed by atoms with Crippen LogP contribution in [0.3, 0.4) is 0 Å². The van der Waals surface area contributed by atoms with Crippen LogP contribution in [0.1, 0.15) is 11.1 Å². The van der Waals surface area contributed by atoms with Crippen molar-refractivity contribution in [3.63, 3.8) is 0 Å². The van der Waals surface area contributed by atoms with Gasteiger partial charge in [0.05, 0.1) is 19.3 Å². The van der Waals surface area contributed by atoms with Crippen molar-refractivity contribution >= 4 is 0 Å². The molecule has 0 fully saturated rings. The van der Waals surface area contributed by atoms with Gasteiger partial charge in [0.25, 0.3) is 0 Å². The van der Waals surface area contributed by atoms with E-state index in [0.717, 1.165) is 0 Å². The van der Waals surface area contributed by atoms with Gasteiger partial charge >= 0.3 is 0 Å². The van der Waals surface area contributed by atoms with Gasteiger partial charge < -0.3 is 14.8 Å². The molecule has 0 radical (unpaired) electrons. The fraction of sp³-hybridized carbons (Fsp3) is 0.556. The van der Waals surface area contributed by atoms with Crippen LogP contribution >= 0.6 is 0 Å². The minimum absolute atomic E-state index is 0.184. The third-order valence-corrected chi connectivity index (χ3v) is 1.97. The normalized spacial score (nSPS) is 13.3. The number of nitrogens with zero attached hydrogens (tertiary/aromatic N) is 1. The van der Waals surface area contributed by atoms with Crippen molar-refractivity contribution in [3.8, 4) is 0 Å². The fourth-order valence-electron chi connectivity index (χ4n) is 1.14. The van der Waals surface area contributed by atoms with Crippen LogP contribution in [-0.2, 0) is 6.54 Å². The van der Waals surface area contributed by atoms with E-state index in [9.17, 15) is 0 Å². The van der Waals surface area contributed by atoms with E-state index in [1.165, 1.54) is 11.1 Å². The predicted molar refractivity (Wildman–Crippen MR) is 47.0 cm³/mol. The minimum atomic E-state index is -0.656. The highest BCUT2D eigenvalue weighted by molar-refractivity contribution is 5.20. The average Bonchev–Trinajstić information content (AvgIpc) is 2.31. The molecule has 1 atom stereocenters. The van der Waals surface area contributed by atoms with E-state index in [1.54, 1.807) is 0 Å². The second kappa shape index (κ2) is 3.74. The number of rotatable bonds is 3. The van der Waals surface area contributed by atoms with Crippen LogP contribution in [0.4, 0.5) is 0 Å². The topological polar surface area (TPSA) is 45.4 Å². The number of aromatic nitrogens is 1. The second-order valence-electron chi connectivity index (χ2n) is 3.16. The Labute approximate surface area is 72.3 Å². The molecule has 1 aromatic heterocycles. The van der Waals surface area contributed by atoms with Gasteiger partial charge in [-0.15, -0.1) is 0 Å². The number of aliphatic hydroxyl groups excluding tert-OH is 2. The van der Waals surface area contributed by atoms with Crippen LogP contribution in [0, 0.1) is 13.8 Å². The number of aryl methyl sites for hydroxylation is 2. The van der Waals surface area contributed by atoms with E-state index in [4.69, 9.17) is 10.2 Å². The van der Waals surface area contributed by atoms with Gasteiger partial charge in [0, 0.05) is 12.4 Å². The third-order valence-electron chi connectivity index (χ3n) is 1.97. The Morgan fingerprint density at radius 1 is 1.33 bits per heavy atom. The lowest BCUT2D eigenvalue weighted by atomic mass is 10.2. The number of aliphatic hydroxyl groups is 2. The Hall–Kier alpha value is -0.800. The van der Waals surface area contributed by atoms with Crippen molar-refractivity contribution in [2.45, 2.75) is 26.5 Å². The molecule has 0 bridgehead atoms. The third kappa shape index (κ3) is 2.09. The molecule has 0 amide bonds. The SMILES string of the molecule is Cc1cn(CC(O)CO)cc1C. The molecule has 0 aliphatic heterocycles. The molecule has 1 unspecified atom stereocenters. The summed E-state index contributed by atoms with van der Waals surface area (Å²) >= 11 is 0. The molecular formula is C9H15NO2. The van der Waals surface area contributed by atoms with E-state index in [-0.39, 0.29) is 6.61 Å². The molecule has 1 heterocycles. The van der Waals surface area contributed by atoms with Gasteiger partial charge in [-0.05, 0) is 25.0 Å². The van der Waals surface area contributed by atoms with Crippen LogP contribution in [0.25, 0.3) is 0 Å². The van der Waals surface area contributed by atoms with Crippen molar-refractivity contribution in [1.29, 1.82) is 0 Å². The second-order valence-corrected chi connectivity index (χ2v) is 3.16. The maximum absolute atomic E-state index is 9.14. The summed E-state index contributed by atoms with van der Waals surface area (Å²) < 4.78 is 1.89. The molecule has 0 aliphatic carbocycles. The first-order valence-corrected chi connectivity index (χ1v) is 4.05. The highest BCUT2D eigenvalue weighted by Gasteiger charge is 2.03. The van der Waals surface area contributed by atoms with Gasteiger partial charge in [0.2, 0.25) is 0 Å². The molecular weight excluding hydrogens is 154 g/mol. The zero-order chi connectivity index (χ0) is 9.14. The van der Waals surface area contributed by atoms with E-state index in [1.807, 2.05) is 30.8 Å². The lowest BCUT2D eigenvalue weighted by Crippen LogP contribution is -2.18. The van der Waals surface area contributed by atoms with Crippen molar-refractivity contribution in [3.05, 3.63) is 23.5 Å². The van der Waals surface area contributed by atoms with Gasteiger partial charge in [0.15, 0.2) is 0 Å². The molecule has 3 nitrogen and oxygen atoms in total. The van der Waals surface area contributed by atoms with Crippen molar-refractivity contribution in [2.75, 3.05) is 6.61 Å². The van der Waals surface area contributed by atoms with E-state index in [0.29, 0.717) is 6.54 Å². The first kappa shape index (κ1) is 9.29. The molecule has 0 aliphatic rings. The summed E-state index contributed by atoms with van der Waals surface area (Å²) in [4.78, 5) is 0. The van der Waals surface area contributed by atoms with Crippen LogP contribution in [0.2, 0.25) is 0 Å². The monoisotopic (exact) mass is 169 g/mol. The van der Waals surface area contributed by atoms with Gasteiger partial charge in [0.1, 0.15) is 0 Å². The molecule has 2 N–H and O–H groups in total. The molecule has 0 saturated carbocycles. The standard InChI is InChI=1S/C9H15NO2/c1-7-3-10(4-8(7)2)5-9(12)6-11/h3-4,9,11-12H,5-6H2,1-2H3. The van der Waals surface area contributed by atoms with Crippen molar-refractivity contribution in [2.24, 2.45) is 0 Å². The molecule has 0 aromatic carbocycles. The summed E-state index contributed by atoms with van der Waals surface area (Å²) in [6.45, 7) is 4.33. The van der Waals surface area contributed by atoms with Crippen molar-refractivity contribution in [1.82, 2.24) is 4.57 Å². The number of hydrogen-bond donors (Lipinski definition) is 2. The highest BCUT2D eigenvalue weighted by atomic mass is 16.3. The summed E-state index contributed by atoms with van der Waals surface area (Å²) in [5, 5.41) is 17.7. The predicted octanol–water partition coefficient (Wildman–Crippen LogP) is 0.458. The number of hydrogen-bond acceptors (Lipinski definition) is 2. The van der Waals surface area contributed by atoms with Crippen molar-refractivity contribution < 1.29 is 10.2 Å². The fourth-order valence-corrected chi connectivity index (χ4v) is 1.14. The molecule has 68 valence electrons. The average molecular weight is 169 g/mol. The van der Waals surface area contributed by atoms with Crippen LogP contribution < -0.4 is 0 Å². The Kier molecular flexibility index (Phi) is 2.89. The van der Waals surface area contributed by atoms with Crippen LogP contribution in [-0.4, -0.2) is 27.5 Å². The highest BCUT2D eigenvalue weighted by Crippen LogP contribution is 2.07. The summed E-state index contributed by atoms with van der Waals surface area (Å²) in [5.41, 5.74) is 2.42. The summed E-state index contributed by atoms with van der Waals surface area (Å²) in [6.07, 6.45) is 3.28. The van der Waals surface area contributed by atoms with Gasteiger partial charge in [-0.1, -0.05) is 0 Å². The van der Waals surface area contributed by atoms with Gasteiger partial charge in [-0.25, -0.2) is 0 Å². The Morgan fingerprint density at radius 3 is 2.25 bits per heavy atom. The first-order valence-electron chi connectivity index (χ1n) is 4.05. The van der Waals surface area contributed by atoms with Gasteiger partial charge in [-0.2, -0.15) is 0 Å². The van der Waals surface area contributed by atoms with E-state index >= 15 is 0 Å². The first-order chi connectivity index (χ1) is 5.63. The summed E-state index contributed by atoms with van der Waals surface area (Å²) in [5.74, 6) is 0. The molecule has 12 heavy (non-hydrogen) atoms. The molecule has 0 saturated heterocycles. The molecule has 3 heteroatoms. The quantitative estimate of drug-likeness (QED) is 0.690. The van der Waals surface area contributed by atoms with Crippen LogP contribution in [0.5, 0.6) is 0 Å². The molecule has 1 aromatic rings. The smallest absolute Gasteiger partial charge is 0.0949 e. The van der Waals surface area contributed by atoms with E-state index in [2.05, 4.69) is 0 Å². The maximum atomic E-state index is 9.14. The summed E-state index contributed by atoms with van der Waals surface area (Å²) in [6, 6.07) is 0. The lowest BCUT2D eigenvalue weighted by Gasteiger charge is -2.07. The minimum Gasteiger partial charge on any atom is -0.394 e. The molecule has 0 spiro atoms. The van der Waals surface area contributed by atoms with E-state index < -0.39 is 6.10 Å². The van der Waals surface area contributed by atoms with Gasteiger partial charge in [-0.3, -0.25) is 0 Å². The summed E-state index contributed by atoms with van der Waals surface area (Å²) in [7, 11) is 0. The Morgan fingerprint density at radius 2 is 1.83 bits per heavy atom. The zero-order valence-corrected chi connectivity index (χ0v) is 7.49. The lowest BCUT2D eigenvalue weighted by molar-refractivity contribution is 0.0813. The largest absolute Gasteiger partial charge is 0.394 e. The Bertz CT molecular complexity index is 236. The van der Waals surface area contributed by atoms with Crippen LogP contribution in [0.15, 0.2) is 12.4 Å². The molecule has 1 rings (SSSR count). The Balaban J connectivity index is 2.64. The maximum Gasteiger partial charge on any atom is 0.0949 e. The zero-order valence-electron chi connectivity index (χ0n) is 7.49.